The fourth-order valence-electron chi connectivity index (χ4n) is 6.06. The molecule has 46 heavy (non-hydrogen) atoms. The van der Waals surface area contributed by atoms with Crippen molar-refractivity contribution < 1.29 is 19.1 Å². The minimum atomic E-state index is -0.502. The van der Waals surface area contributed by atoms with E-state index >= 15 is 0 Å². The van der Waals surface area contributed by atoms with E-state index in [-0.39, 0.29) is 11.9 Å². The zero-order chi connectivity index (χ0) is 32.2. The number of piperazine rings is 1. The van der Waals surface area contributed by atoms with Gasteiger partial charge in [0.1, 0.15) is 17.7 Å². The van der Waals surface area contributed by atoms with Gasteiger partial charge in [-0.25, -0.2) is 9.78 Å². The summed E-state index contributed by atoms with van der Waals surface area (Å²) in [6.07, 6.45) is 1.67. The normalized spacial score (nSPS) is 20.5. The lowest BCUT2D eigenvalue weighted by molar-refractivity contribution is -0.136. The number of carbonyl (C=O) groups excluding carboxylic acids is 2. The molecular formula is C33H37Cl2N7O4. The minimum Gasteiger partial charge on any atom is -0.477 e. The standard InChI is InChI=1S/C33H37Cl2N7O4/c1-3-46-32-27(20-36-22(2)37-32)31-38-29(23-4-8-25(34)9-5-23)30(24-6-10-26(35)11-7-24)42(31)33(44)41-14-12-39(13-15-41)21-28(43)40-16-18-45-19-17-40/h4-11,20,29-30H,3,12-19,21H2,1-2H3. The smallest absolute Gasteiger partial charge is 0.326 e. The Morgan fingerprint density at radius 3 is 2.15 bits per heavy atom. The number of ether oxygens (including phenoxy) is 2. The molecule has 0 N–H and O–H groups in total. The van der Waals surface area contributed by atoms with Gasteiger partial charge in [-0.1, -0.05) is 47.5 Å². The molecule has 3 aliphatic rings. The molecule has 0 aliphatic carbocycles. The molecule has 1 aromatic heterocycles. The van der Waals surface area contributed by atoms with Gasteiger partial charge in [0, 0.05) is 55.5 Å². The molecule has 2 unspecified atom stereocenters. The maximum Gasteiger partial charge on any atom is 0.326 e. The van der Waals surface area contributed by atoms with E-state index in [2.05, 4.69) is 14.9 Å². The highest BCUT2D eigenvalue weighted by Gasteiger charge is 2.45. The average Bonchev–Trinajstić information content (AvgIpc) is 3.46. The monoisotopic (exact) mass is 665 g/mol. The van der Waals surface area contributed by atoms with Gasteiger partial charge in [-0.2, -0.15) is 4.98 Å². The van der Waals surface area contributed by atoms with Gasteiger partial charge in [0.2, 0.25) is 11.8 Å². The first-order valence-electron chi connectivity index (χ1n) is 15.5. The van der Waals surface area contributed by atoms with Crippen molar-refractivity contribution in [1.29, 1.82) is 0 Å². The van der Waals surface area contributed by atoms with E-state index in [0.29, 0.717) is 98.8 Å². The highest BCUT2D eigenvalue weighted by atomic mass is 35.5. The van der Waals surface area contributed by atoms with Crippen LogP contribution in [0.25, 0.3) is 0 Å². The summed E-state index contributed by atoms with van der Waals surface area (Å²) in [5, 5.41) is 1.20. The first-order valence-corrected chi connectivity index (χ1v) is 16.3. The van der Waals surface area contributed by atoms with Crippen LogP contribution in [0, 0.1) is 6.92 Å². The van der Waals surface area contributed by atoms with Crippen LogP contribution in [0.1, 0.15) is 41.5 Å². The van der Waals surface area contributed by atoms with Crippen LogP contribution >= 0.6 is 23.2 Å². The fraction of sp³-hybridized carbons (Fsp3) is 0.424. The number of hydrogen-bond acceptors (Lipinski definition) is 8. The maximum atomic E-state index is 14.7. The van der Waals surface area contributed by atoms with Crippen molar-refractivity contribution in [2.24, 2.45) is 4.99 Å². The van der Waals surface area contributed by atoms with Crippen LogP contribution in [0.2, 0.25) is 10.0 Å². The Balaban J connectivity index is 1.34. The van der Waals surface area contributed by atoms with Gasteiger partial charge in [-0.05, 0) is 49.2 Å². The molecule has 3 aliphatic heterocycles. The molecule has 2 atom stereocenters. The number of benzene rings is 2. The number of rotatable bonds is 7. The number of aliphatic imine (C=N–C) groups is 1. The Morgan fingerprint density at radius 1 is 0.891 bits per heavy atom. The van der Waals surface area contributed by atoms with Crippen LogP contribution in [0.4, 0.5) is 4.79 Å². The number of halogens is 2. The van der Waals surface area contributed by atoms with Crippen molar-refractivity contribution in [3.63, 3.8) is 0 Å². The van der Waals surface area contributed by atoms with E-state index in [1.54, 1.807) is 18.0 Å². The number of morpholine rings is 1. The molecule has 3 aromatic rings. The van der Waals surface area contributed by atoms with Crippen LogP contribution in [0.5, 0.6) is 5.88 Å². The minimum absolute atomic E-state index is 0.0912. The molecule has 0 radical (unpaired) electrons. The number of amides is 3. The largest absolute Gasteiger partial charge is 0.477 e. The summed E-state index contributed by atoms with van der Waals surface area (Å²) in [6, 6.07) is 13.9. The molecule has 4 heterocycles. The van der Waals surface area contributed by atoms with Gasteiger partial charge < -0.3 is 19.3 Å². The fourth-order valence-corrected chi connectivity index (χ4v) is 6.31. The lowest BCUT2D eigenvalue weighted by Crippen LogP contribution is -2.56. The zero-order valence-electron chi connectivity index (χ0n) is 25.9. The van der Waals surface area contributed by atoms with E-state index in [4.69, 9.17) is 37.7 Å². The molecule has 0 bridgehead atoms. The van der Waals surface area contributed by atoms with E-state index < -0.39 is 12.1 Å². The van der Waals surface area contributed by atoms with Crippen molar-refractivity contribution in [3.8, 4) is 5.88 Å². The average molecular weight is 667 g/mol. The summed E-state index contributed by atoms with van der Waals surface area (Å²) in [4.78, 5) is 49.4. The Labute approximate surface area is 278 Å². The Kier molecular flexibility index (Phi) is 10.0. The van der Waals surface area contributed by atoms with Crippen LogP contribution < -0.4 is 4.74 Å². The lowest BCUT2D eigenvalue weighted by atomic mass is 9.94. The predicted molar refractivity (Wildman–Crippen MR) is 176 cm³/mol. The van der Waals surface area contributed by atoms with E-state index in [1.807, 2.05) is 65.3 Å². The number of nitrogens with zero attached hydrogens (tertiary/aromatic N) is 7. The second-order valence-corrected chi connectivity index (χ2v) is 12.3. The van der Waals surface area contributed by atoms with Gasteiger partial charge in [-0.15, -0.1) is 0 Å². The summed E-state index contributed by atoms with van der Waals surface area (Å²) >= 11 is 12.6. The SMILES string of the molecule is CCOc1nc(C)ncc1C1=NC(c2ccc(Cl)cc2)C(c2ccc(Cl)cc2)N1C(=O)N1CCN(CC(=O)N2CCOCC2)CC1. The molecule has 2 fully saturated rings. The molecule has 6 rings (SSSR count). The Bertz CT molecular complexity index is 1570. The quantitative estimate of drug-likeness (QED) is 0.362. The van der Waals surface area contributed by atoms with Crippen molar-refractivity contribution in [1.82, 2.24) is 29.6 Å². The van der Waals surface area contributed by atoms with E-state index in [1.165, 1.54) is 0 Å². The van der Waals surface area contributed by atoms with Crippen molar-refractivity contribution in [2.45, 2.75) is 25.9 Å². The van der Waals surface area contributed by atoms with Crippen LogP contribution in [-0.4, -0.2) is 113 Å². The molecule has 3 amide bonds. The number of carbonyl (C=O) groups is 2. The van der Waals surface area contributed by atoms with Crippen molar-refractivity contribution in [2.75, 3.05) is 65.6 Å². The van der Waals surface area contributed by atoms with Gasteiger partial charge in [-0.3, -0.25) is 19.6 Å². The molecule has 2 saturated heterocycles. The van der Waals surface area contributed by atoms with Crippen LogP contribution in [-0.2, 0) is 9.53 Å². The van der Waals surface area contributed by atoms with Gasteiger partial charge in [0.15, 0.2) is 0 Å². The third-order valence-corrected chi connectivity index (χ3v) is 8.96. The number of amidine groups is 1. The summed E-state index contributed by atoms with van der Waals surface area (Å²) < 4.78 is 11.3. The lowest BCUT2D eigenvalue weighted by Gasteiger charge is -2.39. The molecule has 13 heteroatoms. The molecule has 0 saturated carbocycles. The van der Waals surface area contributed by atoms with Gasteiger partial charge in [0.25, 0.3) is 0 Å². The predicted octanol–water partition coefficient (Wildman–Crippen LogP) is 4.63. The van der Waals surface area contributed by atoms with Crippen molar-refractivity contribution >= 4 is 41.0 Å². The Morgan fingerprint density at radius 2 is 1.52 bits per heavy atom. The molecule has 242 valence electrons. The second kappa shape index (κ2) is 14.3. The molecule has 0 spiro atoms. The van der Waals surface area contributed by atoms with Gasteiger partial charge >= 0.3 is 6.03 Å². The third-order valence-electron chi connectivity index (χ3n) is 8.46. The Hall–Kier alpha value is -3.77. The number of aryl methyl sites for hydroxylation is 1. The summed E-state index contributed by atoms with van der Waals surface area (Å²) in [5.41, 5.74) is 2.30. The summed E-state index contributed by atoms with van der Waals surface area (Å²) in [5.74, 6) is 1.44. The van der Waals surface area contributed by atoms with Gasteiger partial charge in [0.05, 0.1) is 38.0 Å². The zero-order valence-corrected chi connectivity index (χ0v) is 27.5. The first-order chi connectivity index (χ1) is 22.3. The van der Waals surface area contributed by atoms with E-state index in [0.717, 1.165) is 11.1 Å². The molecule has 2 aromatic carbocycles. The number of urea groups is 1. The van der Waals surface area contributed by atoms with Crippen LogP contribution in [0.15, 0.2) is 59.7 Å². The third kappa shape index (κ3) is 6.97. The number of hydrogen-bond donors (Lipinski definition) is 0. The second-order valence-electron chi connectivity index (χ2n) is 11.4. The highest BCUT2D eigenvalue weighted by Crippen LogP contribution is 2.45. The van der Waals surface area contributed by atoms with E-state index in [9.17, 15) is 9.59 Å². The van der Waals surface area contributed by atoms with Crippen LogP contribution in [0.3, 0.4) is 0 Å². The summed E-state index contributed by atoms with van der Waals surface area (Å²) in [7, 11) is 0. The van der Waals surface area contributed by atoms with Crippen molar-refractivity contribution in [3.05, 3.63) is 87.3 Å². The molecule has 11 nitrogen and oxygen atoms in total. The topological polar surface area (TPSA) is 104 Å². The maximum absolute atomic E-state index is 14.7. The first kappa shape index (κ1) is 32.2. The summed E-state index contributed by atoms with van der Waals surface area (Å²) in [6.45, 7) is 8.81. The highest BCUT2D eigenvalue weighted by molar-refractivity contribution is 6.30. The molecular weight excluding hydrogens is 629 g/mol. The number of aromatic nitrogens is 2.